The van der Waals surface area contributed by atoms with E-state index in [2.05, 4.69) is 11.9 Å². The van der Waals surface area contributed by atoms with Crippen molar-refractivity contribution in [2.24, 2.45) is 4.99 Å². The molecule has 0 aromatic carbocycles. The van der Waals surface area contributed by atoms with Gasteiger partial charge in [0.05, 0.1) is 5.75 Å². The molecule has 7 heteroatoms. The van der Waals surface area contributed by atoms with Crippen LogP contribution in [0.15, 0.2) is 17.1 Å². The predicted octanol–water partition coefficient (Wildman–Crippen LogP) is -1.06. The van der Waals surface area contributed by atoms with E-state index in [1.54, 1.807) is 6.08 Å². The van der Waals surface area contributed by atoms with Crippen LogP contribution >= 0.6 is 0 Å². The molecule has 0 rings (SSSR count). The normalized spacial score (nSPS) is 12.6. The fourth-order valence-corrected chi connectivity index (χ4v) is 2.03. The van der Waals surface area contributed by atoms with E-state index < -0.39 is 10.1 Å². The van der Waals surface area contributed by atoms with Gasteiger partial charge >= 0.3 is 51.4 Å². The molecule has 0 amide bonds. The molecule has 1 N–H and O–H groups in total. The Morgan fingerprint density at radius 3 is 2.45 bits per heavy atom. The van der Waals surface area contributed by atoms with E-state index in [9.17, 15) is 13.5 Å². The van der Waals surface area contributed by atoms with E-state index in [-0.39, 0.29) is 76.0 Å². The van der Waals surface area contributed by atoms with Gasteiger partial charge in [-0.1, -0.05) is 44.8 Å². The second-order valence-corrected chi connectivity index (χ2v) is 6.04. The van der Waals surface area contributed by atoms with Gasteiger partial charge in [-0.15, -0.1) is 0 Å². The number of unbranched alkanes of at least 4 members (excludes halogenated alkanes) is 5. The number of rotatable bonds is 11. The van der Waals surface area contributed by atoms with Crippen LogP contribution in [0.1, 0.15) is 51.9 Å². The largest absolute Gasteiger partial charge is 1.00 e. The molecule has 0 bridgehead atoms. The van der Waals surface area contributed by atoms with Crippen LogP contribution in [0.5, 0.6) is 0 Å². The van der Waals surface area contributed by atoms with Gasteiger partial charge < -0.3 is 10.1 Å². The van der Waals surface area contributed by atoms with Crippen LogP contribution in [-0.4, -0.2) is 31.2 Å². The summed E-state index contributed by atoms with van der Waals surface area (Å²) in [5, 5.41) is 11.2. The first kappa shape index (κ1) is 23.0. The third kappa shape index (κ3) is 18.8. The van der Waals surface area contributed by atoms with E-state index in [1.807, 2.05) is 0 Å². The Morgan fingerprint density at radius 1 is 1.20 bits per heavy atom. The van der Waals surface area contributed by atoms with Gasteiger partial charge in [-0.25, -0.2) is 0 Å². The van der Waals surface area contributed by atoms with Gasteiger partial charge in [-0.05, 0) is 25.2 Å². The number of aliphatic imine (C=N–C) groups is 1. The van der Waals surface area contributed by atoms with Gasteiger partial charge in [0.25, 0.3) is 10.1 Å². The second kappa shape index (κ2) is 14.7. The summed E-state index contributed by atoms with van der Waals surface area (Å²) in [6.07, 6.45) is 10.2. The molecule has 0 aromatic rings. The standard InChI is InChI=1S/C13H25NO4S.K/c1-2-3-4-5-6-7-8-10-13(15)14-11-9-12-19(16,17)18;/h8,10H,2-7,9,11-12H2,1H3,(H,14,15)(H,16,17,18);/q;+1/p-1/b10-8+;. The van der Waals surface area contributed by atoms with Crippen molar-refractivity contribution in [2.75, 3.05) is 12.3 Å². The molecule has 0 radical (unpaired) electrons. The maximum atomic E-state index is 11.2. The van der Waals surface area contributed by atoms with Crippen molar-refractivity contribution in [3.05, 3.63) is 12.2 Å². The fraction of sp³-hybridized carbons (Fsp3) is 0.769. The molecule has 0 aliphatic carbocycles. The molecule has 0 aliphatic rings. The Kier molecular flexibility index (Phi) is 16.9. The molecule has 0 heterocycles. The van der Waals surface area contributed by atoms with Gasteiger partial charge in [0, 0.05) is 6.54 Å². The Balaban J connectivity index is 0. The summed E-state index contributed by atoms with van der Waals surface area (Å²) in [4.78, 5) is 3.67. The molecule has 20 heavy (non-hydrogen) atoms. The number of nitrogens with zero attached hydrogens (tertiary/aromatic N) is 1. The molecule has 0 saturated heterocycles. The molecule has 0 aromatic heterocycles. The smallest absolute Gasteiger partial charge is 0.859 e. The first-order chi connectivity index (χ1) is 8.95. The van der Waals surface area contributed by atoms with E-state index in [4.69, 9.17) is 4.55 Å². The Bertz CT molecular complexity index is 380. The van der Waals surface area contributed by atoms with E-state index in [1.165, 1.54) is 31.8 Å². The van der Waals surface area contributed by atoms with Crippen molar-refractivity contribution < 1.29 is 69.5 Å². The van der Waals surface area contributed by atoms with Gasteiger partial charge in [-0.2, -0.15) is 8.42 Å². The summed E-state index contributed by atoms with van der Waals surface area (Å²) in [5.74, 6) is -0.700. The van der Waals surface area contributed by atoms with Crippen LogP contribution in [0, 0.1) is 0 Å². The summed E-state index contributed by atoms with van der Waals surface area (Å²) in [7, 11) is -3.94. The van der Waals surface area contributed by atoms with Crippen molar-refractivity contribution in [1.82, 2.24) is 0 Å². The molecule has 5 nitrogen and oxygen atoms in total. The zero-order chi connectivity index (χ0) is 14.6. The maximum Gasteiger partial charge on any atom is 1.00 e. The van der Waals surface area contributed by atoms with Crippen LogP contribution in [0.2, 0.25) is 0 Å². The molecule has 0 fully saturated rings. The van der Waals surface area contributed by atoms with Crippen molar-refractivity contribution >= 4 is 16.0 Å². The van der Waals surface area contributed by atoms with Crippen molar-refractivity contribution in [2.45, 2.75) is 51.9 Å². The molecule has 0 spiro atoms. The van der Waals surface area contributed by atoms with Crippen molar-refractivity contribution in [3.63, 3.8) is 0 Å². The quantitative estimate of drug-likeness (QED) is 0.172. The number of hydrogen-bond acceptors (Lipinski definition) is 4. The fourth-order valence-electron chi connectivity index (χ4n) is 1.54. The monoisotopic (exact) mass is 329 g/mol. The van der Waals surface area contributed by atoms with Crippen molar-refractivity contribution in [3.8, 4) is 0 Å². The Morgan fingerprint density at radius 2 is 1.85 bits per heavy atom. The summed E-state index contributed by atoms with van der Waals surface area (Å²) >= 11 is 0. The average Bonchev–Trinajstić information content (AvgIpc) is 2.32. The van der Waals surface area contributed by atoms with E-state index >= 15 is 0 Å². The SMILES string of the molecule is CCCCCCC/C=C/C([O-])=NCCCS(=O)(=O)O.[K+]. The van der Waals surface area contributed by atoms with Crippen LogP contribution in [0.4, 0.5) is 0 Å². The Labute approximate surface area is 165 Å². The van der Waals surface area contributed by atoms with Gasteiger partial charge in [0.15, 0.2) is 0 Å². The van der Waals surface area contributed by atoms with Crippen LogP contribution in [0.3, 0.4) is 0 Å². The van der Waals surface area contributed by atoms with Crippen LogP contribution in [-0.2, 0) is 10.1 Å². The van der Waals surface area contributed by atoms with E-state index in [0.29, 0.717) is 0 Å². The van der Waals surface area contributed by atoms with Crippen LogP contribution in [0.25, 0.3) is 0 Å². The number of allylic oxidation sites excluding steroid dienone is 1. The zero-order valence-corrected chi connectivity index (χ0v) is 16.5. The third-order valence-corrected chi connectivity index (χ3v) is 3.37. The number of hydrogen-bond donors (Lipinski definition) is 1. The molecule has 112 valence electrons. The maximum absolute atomic E-state index is 11.2. The Hall–Kier alpha value is 0.756. The summed E-state index contributed by atoms with van der Waals surface area (Å²) in [6.45, 7) is 2.29. The molecule has 0 atom stereocenters. The molecule has 0 aliphatic heterocycles. The van der Waals surface area contributed by atoms with Gasteiger partial charge in [0.1, 0.15) is 0 Å². The second-order valence-electron chi connectivity index (χ2n) is 4.46. The van der Waals surface area contributed by atoms with E-state index in [0.717, 1.165) is 12.8 Å². The van der Waals surface area contributed by atoms with Gasteiger partial charge in [-0.3, -0.25) is 4.55 Å². The minimum Gasteiger partial charge on any atom is -0.859 e. The van der Waals surface area contributed by atoms with Crippen molar-refractivity contribution in [1.29, 1.82) is 0 Å². The first-order valence-electron chi connectivity index (χ1n) is 6.79. The molecular weight excluding hydrogens is 305 g/mol. The molecule has 0 unspecified atom stereocenters. The average molecular weight is 330 g/mol. The predicted molar refractivity (Wildman–Crippen MR) is 75.9 cm³/mol. The topological polar surface area (TPSA) is 89.8 Å². The molecule has 0 saturated carbocycles. The summed E-state index contributed by atoms with van der Waals surface area (Å²) in [5.41, 5.74) is 0. The molecular formula is C13H24KNO4S. The minimum atomic E-state index is -3.94. The third-order valence-electron chi connectivity index (χ3n) is 2.56. The first-order valence-corrected chi connectivity index (χ1v) is 8.40. The minimum absolute atomic E-state index is 0. The summed E-state index contributed by atoms with van der Waals surface area (Å²) < 4.78 is 29.3. The zero-order valence-electron chi connectivity index (χ0n) is 12.5. The van der Waals surface area contributed by atoms with Crippen LogP contribution < -0.4 is 56.5 Å². The van der Waals surface area contributed by atoms with Gasteiger partial charge in [0.2, 0.25) is 0 Å². The summed E-state index contributed by atoms with van der Waals surface area (Å²) in [6, 6.07) is 0.